The van der Waals surface area contributed by atoms with Crippen molar-refractivity contribution in [2.45, 2.75) is 180 Å². The zero-order valence-electron chi connectivity index (χ0n) is 27.2. The van der Waals surface area contributed by atoms with E-state index in [4.69, 9.17) is 9.47 Å². The van der Waals surface area contributed by atoms with Crippen LogP contribution in [0.25, 0.3) is 0 Å². The number of ether oxygens (including phenoxy) is 2. The number of carbonyl (C=O) groups is 1. The molecule has 0 spiro atoms. The predicted molar refractivity (Wildman–Crippen MR) is 180 cm³/mol. The molecule has 0 aromatic heterocycles. The minimum absolute atomic E-state index is 0.356. The van der Waals surface area contributed by atoms with Crippen LogP contribution in [-0.2, 0) is 14.3 Å². The van der Waals surface area contributed by atoms with Crippen molar-refractivity contribution in [3.8, 4) is 0 Å². The van der Waals surface area contributed by atoms with Gasteiger partial charge in [0.05, 0.1) is 6.10 Å². The fourth-order valence-corrected chi connectivity index (χ4v) is 10.1. The minimum atomic E-state index is -0.865. The zero-order chi connectivity index (χ0) is 28.9. The highest BCUT2D eigenvalue weighted by atomic mass is 32.2. The topological polar surface area (TPSA) is 38.8 Å². The molecule has 1 aliphatic rings. The lowest BCUT2D eigenvalue weighted by Gasteiger charge is -2.32. The molecule has 1 aliphatic heterocycles. The molecule has 6 heteroatoms. The number of unbranched alkanes of at least 4 members (excludes halogenated alkanes) is 16. The molecular formula is C34H69NO3SSi. The first-order valence-corrected chi connectivity index (χ1v) is 20.9. The maximum atomic E-state index is 12.1. The highest BCUT2D eigenvalue weighted by Gasteiger charge is 2.22. The number of thioether (sulfide) groups is 1. The smallest absolute Gasteiger partial charge is 0.188 e. The fraction of sp³-hybridized carbons (Fsp3) is 0.971. The molecule has 1 rings (SSSR count). The molecule has 0 N–H and O–H groups in total. The van der Waals surface area contributed by atoms with Crippen molar-refractivity contribution in [1.82, 2.24) is 4.57 Å². The lowest BCUT2D eigenvalue weighted by Crippen LogP contribution is -2.40. The summed E-state index contributed by atoms with van der Waals surface area (Å²) >= 11 is 1.59. The molecular weight excluding hydrogens is 531 g/mol. The van der Waals surface area contributed by atoms with Crippen molar-refractivity contribution in [1.29, 1.82) is 0 Å². The van der Waals surface area contributed by atoms with Crippen molar-refractivity contribution in [3.05, 3.63) is 0 Å². The van der Waals surface area contributed by atoms with Crippen LogP contribution in [0.3, 0.4) is 0 Å². The van der Waals surface area contributed by atoms with E-state index in [1.54, 1.807) is 11.8 Å². The predicted octanol–water partition coefficient (Wildman–Crippen LogP) is 10.3. The van der Waals surface area contributed by atoms with E-state index < -0.39 is 8.96 Å². The third-order valence-corrected chi connectivity index (χ3v) is 13.4. The molecule has 0 aromatic carbocycles. The maximum absolute atomic E-state index is 12.1. The average Bonchev–Trinajstić information content (AvgIpc) is 2.95. The van der Waals surface area contributed by atoms with Crippen LogP contribution in [0.15, 0.2) is 0 Å². The third kappa shape index (κ3) is 23.7. The summed E-state index contributed by atoms with van der Waals surface area (Å²) in [4.78, 5) is 12.1. The second kappa shape index (κ2) is 29.2. The van der Waals surface area contributed by atoms with Crippen molar-refractivity contribution in [3.63, 3.8) is 0 Å². The molecule has 0 bridgehead atoms. The SMILES string of the molecule is CCCCCCCCCCCCCCCOCOC1CCC[SiH](CCCSC(=O)CCCCCCC)N(C)CC1. The summed E-state index contributed by atoms with van der Waals surface area (Å²) in [7, 11) is 1.47. The first-order chi connectivity index (χ1) is 19.7. The summed E-state index contributed by atoms with van der Waals surface area (Å²) in [6.45, 7) is 7.00. The van der Waals surface area contributed by atoms with Crippen molar-refractivity contribution in [2.24, 2.45) is 0 Å². The highest BCUT2D eigenvalue weighted by molar-refractivity contribution is 8.13. The van der Waals surface area contributed by atoms with Gasteiger partial charge in [0.2, 0.25) is 0 Å². The minimum Gasteiger partial charge on any atom is -0.355 e. The zero-order valence-corrected chi connectivity index (χ0v) is 29.2. The van der Waals surface area contributed by atoms with Gasteiger partial charge in [0.15, 0.2) is 5.12 Å². The molecule has 4 nitrogen and oxygen atoms in total. The molecule has 0 radical (unpaired) electrons. The Morgan fingerprint density at radius 3 is 1.98 bits per heavy atom. The molecule has 2 unspecified atom stereocenters. The second-order valence-corrected chi connectivity index (χ2v) is 16.9. The normalized spacial score (nSPS) is 18.6. The first-order valence-electron chi connectivity index (χ1n) is 17.7. The summed E-state index contributed by atoms with van der Waals surface area (Å²) in [6.07, 6.45) is 30.1. The monoisotopic (exact) mass is 599 g/mol. The van der Waals surface area contributed by atoms with Crippen molar-refractivity contribution < 1.29 is 14.3 Å². The van der Waals surface area contributed by atoms with Gasteiger partial charge >= 0.3 is 0 Å². The Balaban J connectivity index is 1.93. The Kier molecular flexibility index (Phi) is 27.8. The number of hydrogen-bond acceptors (Lipinski definition) is 5. The van der Waals surface area contributed by atoms with Crippen LogP contribution in [-0.4, -0.2) is 57.5 Å². The van der Waals surface area contributed by atoms with E-state index in [9.17, 15) is 4.79 Å². The quantitative estimate of drug-likeness (QED) is 0.0533. The van der Waals surface area contributed by atoms with Crippen LogP contribution >= 0.6 is 11.8 Å². The molecule has 0 amide bonds. The molecule has 0 saturated carbocycles. The van der Waals surface area contributed by atoms with Gasteiger partial charge in [-0.2, -0.15) is 0 Å². The van der Waals surface area contributed by atoms with Crippen LogP contribution in [0, 0.1) is 0 Å². The van der Waals surface area contributed by atoms with E-state index in [0.717, 1.165) is 38.2 Å². The van der Waals surface area contributed by atoms with Gasteiger partial charge in [0.1, 0.15) is 15.8 Å². The number of rotatable bonds is 27. The van der Waals surface area contributed by atoms with Gasteiger partial charge < -0.3 is 14.0 Å². The van der Waals surface area contributed by atoms with Gasteiger partial charge in [-0.1, -0.05) is 135 Å². The van der Waals surface area contributed by atoms with Gasteiger partial charge in [-0.05, 0) is 57.8 Å². The third-order valence-electron chi connectivity index (χ3n) is 8.70. The van der Waals surface area contributed by atoms with E-state index in [1.165, 1.54) is 141 Å². The molecule has 0 aliphatic carbocycles. The van der Waals surface area contributed by atoms with Crippen LogP contribution in [0.5, 0.6) is 0 Å². The van der Waals surface area contributed by atoms with E-state index in [1.807, 2.05) is 0 Å². The summed E-state index contributed by atoms with van der Waals surface area (Å²) < 4.78 is 14.6. The first kappa shape index (κ1) is 38.1. The van der Waals surface area contributed by atoms with Crippen molar-refractivity contribution in [2.75, 3.05) is 32.7 Å². The van der Waals surface area contributed by atoms with Gasteiger partial charge in [0.25, 0.3) is 0 Å². The highest BCUT2D eigenvalue weighted by Crippen LogP contribution is 2.21. The van der Waals surface area contributed by atoms with E-state index in [2.05, 4.69) is 25.5 Å². The summed E-state index contributed by atoms with van der Waals surface area (Å²) in [5, 5.41) is 0.417. The standard InChI is InChI=1S/C34H69NO3SSi/c1-4-6-8-10-11-12-13-14-15-16-17-19-21-28-37-32-38-33-24-22-30-40(35(3)27-26-33)31-23-29-39-34(36)25-20-18-9-7-5-2/h33,40H,4-32H2,1-3H3. The van der Waals surface area contributed by atoms with Gasteiger partial charge in [-0.25, -0.2) is 0 Å². The summed E-state index contributed by atoms with van der Waals surface area (Å²) in [5.74, 6) is 1.02. The average molecular weight is 600 g/mol. The molecule has 1 fully saturated rings. The van der Waals surface area contributed by atoms with Gasteiger partial charge in [0, 0.05) is 18.8 Å². The Hall–Kier alpha value is 0.117. The summed E-state index contributed by atoms with van der Waals surface area (Å²) in [6, 6.07) is 2.73. The van der Waals surface area contributed by atoms with Crippen molar-refractivity contribution >= 4 is 25.8 Å². The number of nitrogens with zero attached hydrogens (tertiary/aromatic N) is 1. The van der Waals surface area contributed by atoms with Gasteiger partial charge in [-0.15, -0.1) is 0 Å². The lowest BCUT2D eigenvalue weighted by atomic mass is 10.0. The fourth-order valence-electron chi connectivity index (χ4n) is 5.88. The van der Waals surface area contributed by atoms with E-state index >= 15 is 0 Å². The van der Waals surface area contributed by atoms with Crippen LogP contribution < -0.4 is 0 Å². The molecule has 0 aromatic rings. The number of hydrogen-bond donors (Lipinski definition) is 0. The Labute approximate surface area is 256 Å². The molecule has 1 saturated heterocycles. The van der Waals surface area contributed by atoms with E-state index in [-0.39, 0.29) is 0 Å². The van der Waals surface area contributed by atoms with Crippen LogP contribution in [0.4, 0.5) is 0 Å². The largest absolute Gasteiger partial charge is 0.355 e. The van der Waals surface area contributed by atoms with Crippen LogP contribution in [0.1, 0.15) is 162 Å². The maximum Gasteiger partial charge on any atom is 0.188 e. The molecule has 40 heavy (non-hydrogen) atoms. The number of carbonyl (C=O) groups excluding carboxylic acids is 1. The molecule has 1 heterocycles. The lowest BCUT2D eigenvalue weighted by molar-refractivity contribution is -0.111. The van der Waals surface area contributed by atoms with Gasteiger partial charge in [-0.3, -0.25) is 4.79 Å². The molecule has 2 atom stereocenters. The van der Waals surface area contributed by atoms with Crippen LogP contribution in [0.2, 0.25) is 12.1 Å². The van der Waals surface area contributed by atoms with E-state index in [0.29, 0.717) is 18.0 Å². The molecule has 238 valence electrons. The Bertz CT molecular complexity index is 553. The summed E-state index contributed by atoms with van der Waals surface area (Å²) in [5.41, 5.74) is 0. The Morgan fingerprint density at radius 2 is 1.35 bits per heavy atom. The second-order valence-electron chi connectivity index (χ2n) is 12.4. The Morgan fingerprint density at radius 1 is 0.775 bits per heavy atom.